The highest BCUT2D eigenvalue weighted by Crippen LogP contribution is 2.07. The van der Waals surface area contributed by atoms with Crippen LogP contribution in [0.2, 0.25) is 0 Å². The standard InChI is InChI=1S/C15H18O3/c1-15(2,3)18-14(17)10-9-13(16)11-12-7-5-4-6-8-12/h4-10H,11H2,1-3H3. The predicted molar refractivity (Wildman–Crippen MR) is 70.1 cm³/mol. The maximum absolute atomic E-state index is 11.6. The van der Waals surface area contributed by atoms with E-state index in [9.17, 15) is 9.59 Å². The van der Waals surface area contributed by atoms with Gasteiger partial charge in [0.1, 0.15) is 5.60 Å². The summed E-state index contributed by atoms with van der Waals surface area (Å²) in [6.45, 7) is 5.35. The second-order valence-electron chi connectivity index (χ2n) is 5.00. The number of rotatable bonds is 4. The van der Waals surface area contributed by atoms with E-state index in [1.807, 2.05) is 30.3 Å². The first-order valence-electron chi connectivity index (χ1n) is 5.84. The molecule has 0 aromatic heterocycles. The molecule has 1 rings (SSSR count). The van der Waals surface area contributed by atoms with Crippen LogP contribution in [0.3, 0.4) is 0 Å². The average Bonchev–Trinajstić information content (AvgIpc) is 2.25. The van der Waals surface area contributed by atoms with Gasteiger partial charge in [-0.05, 0) is 32.4 Å². The van der Waals surface area contributed by atoms with E-state index in [0.717, 1.165) is 5.56 Å². The lowest BCUT2D eigenvalue weighted by atomic mass is 10.1. The number of carbonyl (C=O) groups excluding carboxylic acids is 2. The van der Waals surface area contributed by atoms with Crippen molar-refractivity contribution in [3.63, 3.8) is 0 Å². The first kappa shape index (κ1) is 14.2. The van der Waals surface area contributed by atoms with Crippen LogP contribution in [-0.2, 0) is 20.7 Å². The Morgan fingerprint density at radius 2 is 1.72 bits per heavy atom. The third kappa shape index (κ3) is 5.99. The maximum atomic E-state index is 11.6. The predicted octanol–water partition coefficient (Wildman–Crippen LogP) is 2.70. The topological polar surface area (TPSA) is 43.4 Å². The van der Waals surface area contributed by atoms with Crippen molar-refractivity contribution >= 4 is 11.8 Å². The number of allylic oxidation sites excluding steroid dienone is 1. The fourth-order valence-corrected chi connectivity index (χ4v) is 1.35. The Labute approximate surface area is 107 Å². The molecule has 0 N–H and O–H groups in total. The van der Waals surface area contributed by atoms with Crippen molar-refractivity contribution in [3.05, 3.63) is 48.0 Å². The Bertz CT molecular complexity index is 439. The van der Waals surface area contributed by atoms with Gasteiger partial charge in [0.05, 0.1) is 0 Å². The van der Waals surface area contributed by atoms with Crippen LogP contribution in [0.5, 0.6) is 0 Å². The zero-order chi connectivity index (χ0) is 13.6. The summed E-state index contributed by atoms with van der Waals surface area (Å²) in [4.78, 5) is 22.9. The largest absolute Gasteiger partial charge is 0.457 e. The van der Waals surface area contributed by atoms with Crippen molar-refractivity contribution in [1.29, 1.82) is 0 Å². The van der Waals surface area contributed by atoms with E-state index in [-0.39, 0.29) is 5.78 Å². The van der Waals surface area contributed by atoms with Gasteiger partial charge in [-0.1, -0.05) is 30.3 Å². The Kier molecular flexibility index (Phi) is 4.84. The summed E-state index contributed by atoms with van der Waals surface area (Å²) in [6, 6.07) is 9.39. The van der Waals surface area contributed by atoms with E-state index in [0.29, 0.717) is 6.42 Å². The van der Waals surface area contributed by atoms with Gasteiger partial charge in [-0.25, -0.2) is 4.79 Å². The summed E-state index contributed by atoms with van der Waals surface area (Å²) in [5, 5.41) is 0. The molecule has 3 heteroatoms. The van der Waals surface area contributed by atoms with Gasteiger partial charge in [0.25, 0.3) is 0 Å². The van der Waals surface area contributed by atoms with Crippen molar-refractivity contribution < 1.29 is 14.3 Å². The molecule has 0 unspecified atom stereocenters. The van der Waals surface area contributed by atoms with Gasteiger partial charge >= 0.3 is 5.97 Å². The van der Waals surface area contributed by atoms with E-state index in [1.54, 1.807) is 20.8 Å². The Morgan fingerprint density at radius 1 is 1.11 bits per heavy atom. The van der Waals surface area contributed by atoms with Crippen molar-refractivity contribution in [2.45, 2.75) is 32.8 Å². The van der Waals surface area contributed by atoms with Crippen LogP contribution >= 0.6 is 0 Å². The highest BCUT2D eigenvalue weighted by atomic mass is 16.6. The molecule has 0 aliphatic heterocycles. The third-order valence-corrected chi connectivity index (χ3v) is 2.03. The molecule has 0 radical (unpaired) electrons. The minimum Gasteiger partial charge on any atom is -0.457 e. The van der Waals surface area contributed by atoms with Crippen LogP contribution in [0.4, 0.5) is 0 Å². The molecule has 0 saturated carbocycles. The highest BCUT2D eigenvalue weighted by molar-refractivity contribution is 5.96. The van der Waals surface area contributed by atoms with Crippen LogP contribution < -0.4 is 0 Å². The second kappa shape index (κ2) is 6.15. The van der Waals surface area contributed by atoms with E-state index < -0.39 is 11.6 Å². The van der Waals surface area contributed by atoms with Crippen molar-refractivity contribution in [3.8, 4) is 0 Å². The first-order chi connectivity index (χ1) is 8.37. The number of esters is 1. The number of ketones is 1. The lowest BCUT2D eigenvalue weighted by Crippen LogP contribution is -2.22. The summed E-state index contributed by atoms with van der Waals surface area (Å²) in [6.07, 6.45) is 2.73. The molecular weight excluding hydrogens is 228 g/mol. The van der Waals surface area contributed by atoms with Crippen LogP contribution in [0.15, 0.2) is 42.5 Å². The average molecular weight is 246 g/mol. The minimum atomic E-state index is -0.538. The molecule has 1 aromatic carbocycles. The van der Waals surface area contributed by atoms with Crippen LogP contribution in [0, 0.1) is 0 Å². The van der Waals surface area contributed by atoms with Crippen LogP contribution in [-0.4, -0.2) is 17.4 Å². The minimum absolute atomic E-state index is 0.118. The second-order valence-corrected chi connectivity index (χ2v) is 5.00. The number of ether oxygens (including phenoxy) is 1. The summed E-state index contributed by atoms with van der Waals surface area (Å²) >= 11 is 0. The molecule has 0 atom stereocenters. The Morgan fingerprint density at radius 3 is 2.28 bits per heavy atom. The van der Waals surface area contributed by atoms with Crippen molar-refractivity contribution in [2.24, 2.45) is 0 Å². The van der Waals surface area contributed by atoms with Gasteiger partial charge in [-0.15, -0.1) is 0 Å². The van der Waals surface area contributed by atoms with E-state index in [2.05, 4.69) is 0 Å². The van der Waals surface area contributed by atoms with Gasteiger partial charge in [0.15, 0.2) is 5.78 Å². The molecule has 0 aliphatic rings. The quantitative estimate of drug-likeness (QED) is 0.606. The number of carbonyl (C=O) groups is 2. The van der Waals surface area contributed by atoms with E-state index in [1.165, 1.54) is 12.2 Å². The number of benzene rings is 1. The monoisotopic (exact) mass is 246 g/mol. The van der Waals surface area contributed by atoms with Crippen molar-refractivity contribution in [2.75, 3.05) is 0 Å². The van der Waals surface area contributed by atoms with Gasteiger partial charge in [0.2, 0.25) is 0 Å². The number of hydrogen-bond donors (Lipinski definition) is 0. The van der Waals surface area contributed by atoms with E-state index >= 15 is 0 Å². The highest BCUT2D eigenvalue weighted by Gasteiger charge is 2.14. The normalized spacial score (nSPS) is 11.5. The molecule has 0 aliphatic carbocycles. The van der Waals surface area contributed by atoms with Crippen molar-refractivity contribution in [1.82, 2.24) is 0 Å². The van der Waals surface area contributed by atoms with Gasteiger partial charge in [0, 0.05) is 12.5 Å². The molecule has 3 nitrogen and oxygen atoms in total. The summed E-state index contributed by atoms with van der Waals surface area (Å²) in [7, 11) is 0. The zero-order valence-electron chi connectivity index (χ0n) is 11.0. The summed E-state index contributed by atoms with van der Waals surface area (Å²) < 4.78 is 5.06. The molecule has 96 valence electrons. The van der Waals surface area contributed by atoms with Gasteiger partial charge in [-0.3, -0.25) is 4.79 Å². The smallest absolute Gasteiger partial charge is 0.331 e. The SMILES string of the molecule is CC(C)(C)OC(=O)C=CC(=O)Cc1ccccc1. The fraction of sp³-hybridized carbons (Fsp3) is 0.333. The van der Waals surface area contributed by atoms with Crippen LogP contribution in [0.25, 0.3) is 0 Å². The first-order valence-corrected chi connectivity index (χ1v) is 5.84. The fourth-order valence-electron chi connectivity index (χ4n) is 1.35. The Balaban J connectivity index is 2.48. The molecule has 0 bridgehead atoms. The third-order valence-electron chi connectivity index (χ3n) is 2.03. The van der Waals surface area contributed by atoms with E-state index in [4.69, 9.17) is 4.74 Å². The molecular formula is C15H18O3. The van der Waals surface area contributed by atoms with Gasteiger partial charge in [-0.2, -0.15) is 0 Å². The molecule has 0 saturated heterocycles. The maximum Gasteiger partial charge on any atom is 0.331 e. The summed E-state index contributed by atoms with van der Waals surface area (Å²) in [5.74, 6) is -0.615. The van der Waals surface area contributed by atoms with Gasteiger partial charge < -0.3 is 4.74 Å². The lowest BCUT2D eigenvalue weighted by molar-refractivity contribution is -0.148. The Hall–Kier alpha value is -1.90. The molecule has 0 heterocycles. The molecule has 0 spiro atoms. The molecule has 1 aromatic rings. The molecule has 0 amide bonds. The number of hydrogen-bond acceptors (Lipinski definition) is 3. The molecule has 0 fully saturated rings. The van der Waals surface area contributed by atoms with Crippen LogP contribution in [0.1, 0.15) is 26.3 Å². The lowest BCUT2D eigenvalue weighted by Gasteiger charge is -2.17. The summed E-state index contributed by atoms with van der Waals surface area (Å²) in [5.41, 5.74) is 0.389. The zero-order valence-corrected chi connectivity index (χ0v) is 11.0. The molecule has 18 heavy (non-hydrogen) atoms.